The number of benzene rings is 1. The Hall–Kier alpha value is -1.11. The fraction of sp³-hybridized carbons (Fsp3) is 0.231. The van der Waals surface area contributed by atoms with E-state index in [1.54, 1.807) is 11.0 Å². The summed E-state index contributed by atoms with van der Waals surface area (Å²) in [7, 11) is 3.64. The van der Waals surface area contributed by atoms with Crippen LogP contribution >= 0.6 is 27.7 Å². The van der Waals surface area contributed by atoms with E-state index in [0.717, 1.165) is 21.8 Å². The first-order valence-electron chi connectivity index (χ1n) is 5.63. The summed E-state index contributed by atoms with van der Waals surface area (Å²) in [4.78, 5) is 27.4. The minimum Gasteiger partial charge on any atom is -0.292 e. The van der Waals surface area contributed by atoms with Gasteiger partial charge in [-0.15, -0.1) is 0 Å². The Bertz CT molecular complexity index is 557. The molecular weight excluding hydrogens is 328 g/mol. The highest BCUT2D eigenvalue weighted by Crippen LogP contribution is 2.33. The van der Waals surface area contributed by atoms with Gasteiger partial charge in [0.15, 0.2) is 0 Å². The van der Waals surface area contributed by atoms with Gasteiger partial charge in [0.05, 0.1) is 11.6 Å². The van der Waals surface area contributed by atoms with Crippen LogP contribution in [-0.2, 0) is 4.79 Å². The molecule has 0 radical (unpaired) electrons. The molecule has 2 amide bonds. The van der Waals surface area contributed by atoms with Gasteiger partial charge in [-0.1, -0.05) is 34.1 Å². The molecule has 0 unspecified atom stereocenters. The summed E-state index contributed by atoms with van der Waals surface area (Å²) < 4.78 is 0.898. The van der Waals surface area contributed by atoms with E-state index in [4.69, 9.17) is 0 Å². The predicted octanol–water partition coefficient (Wildman–Crippen LogP) is 3.00. The van der Waals surface area contributed by atoms with Crippen LogP contribution in [-0.4, -0.2) is 41.7 Å². The molecule has 1 aliphatic heterocycles. The number of carbonyl (C=O) groups is 2. The second kappa shape index (κ2) is 5.90. The summed E-state index contributed by atoms with van der Waals surface area (Å²) in [6.07, 6.45) is 1.74. The topological polar surface area (TPSA) is 40.6 Å². The molecule has 19 heavy (non-hydrogen) atoms. The van der Waals surface area contributed by atoms with Crippen molar-refractivity contribution >= 4 is 44.9 Å². The van der Waals surface area contributed by atoms with Gasteiger partial charge in [-0.25, -0.2) is 0 Å². The van der Waals surface area contributed by atoms with Gasteiger partial charge in [0.25, 0.3) is 11.1 Å². The number of thioether (sulfide) groups is 1. The molecule has 2 rings (SSSR count). The normalized spacial score (nSPS) is 17.9. The molecule has 0 N–H and O–H groups in total. The second-order valence-electron chi connectivity index (χ2n) is 4.35. The SMILES string of the molecule is CN(C)CN1C(=O)SC(=Cc2ccccc2Br)C1=O. The van der Waals surface area contributed by atoms with Crippen LogP contribution in [0.3, 0.4) is 0 Å². The van der Waals surface area contributed by atoms with Crippen LogP contribution in [0.15, 0.2) is 33.6 Å². The van der Waals surface area contributed by atoms with E-state index in [0.29, 0.717) is 11.6 Å². The largest absolute Gasteiger partial charge is 0.294 e. The number of nitrogens with zero attached hydrogens (tertiary/aromatic N) is 2. The summed E-state index contributed by atoms with van der Waals surface area (Å²) in [6.45, 7) is 0.304. The highest BCUT2D eigenvalue weighted by atomic mass is 79.9. The Labute approximate surface area is 124 Å². The van der Waals surface area contributed by atoms with Gasteiger partial charge in [-0.3, -0.25) is 19.4 Å². The van der Waals surface area contributed by atoms with E-state index >= 15 is 0 Å². The average Bonchev–Trinajstić information content (AvgIpc) is 2.60. The van der Waals surface area contributed by atoms with Crippen LogP contribution in [0.1, 0.15) is 5.56 Å². The van der Waals surface area contributed by atoms with E-state index in [9.17, 15) is 9.59 Å². The molecule has 0 atom stereocenters. The summed E-state index contributed by atoms with van der Waals surface area (Å²) in [5, 5.41) is -0.225. The van der Waals surface area contributed by atoms with E-state index in [1.807, 2.05) is 38.4 Å². The summed E-state index contributed by atoms with van der Waals surface area (Å²) in [5.41, 5.74) is 0.887. The third kappa shape index (κ3) is 3.26. The Kier molecular flexibility index (Phi) is 4.44. The fourth-order valence-electron chi connectivity index (χ4n) is 1.64. The van der Waals surface area contributed by atoms with Gasteiger partial charge in [0, 0.05) is 4.47 Å². The average molecular weight is 341 g/mol. The Morgan fingerprint density at radius 2 is 2.00 bits per heavy atom. The lowest BCUT2D eigenvalue weighted by molar-refractivity contribution is -0.123. The minimum absolute atomic E-state index is 0.225. The monoisotopic (exact) mass is 340 g/mol. The van der Waals surface area contributed by atoms with Gasteiger partial charge in [0.2, 0.25) is 0 Å². The molecule has 1 saturated heterocycles. The van der Waals surface area contributed by atoms with E-state index < -0.39 is 0 Å². The smallest absolute Gasteiger partial charge is 0.292 e. The molecule has 1 fully saturated rings. The van der Waals surface area contributed by atoms with Crippen LogP contribution in [0.5, 0.6) is 0 Å². The van der Waals surface area contributed by atoms with Gasteiger partial charge < -0.3 is 0 Å². The maximum atomic E-state index is 12.1. The molecule has 0 spiro atoms. The molecule has 1 heterocycles. The lowest BCUT2D eigenvalue weighted by atomic mass is 10.2. The summed E-state index contributed by atoms with van der Waals surface area (Å²) in [5.74, 6) is -0.237. The highest BCUT2D eigenvalue weighted by Gasteiger charge is 2.35. The van der Waals surface area contributed by atoms with Crippen molar-refractivity contribution in [3.05, 3.63) is 39.2 Å². The molecule has 6 heteroatoms. The molecule has 0 aromatic heterocycles. The zero-order chi connectivity index (χ0) is 14.0. The Morgan fingerprint density at radius 1 is 1.32 bits per heavy atom. The Morgan fingerprint density at radius 3 is 2.63 bits per heavy atom. The van der Waals surface area contributed by atoms with Crippen molar-refractivity contribution in [2.75, 3.05) is 20.8 Å². The van der Waals surface area contributed by atoms with Crippen molar-refractivity contribution in [2.45, 2.75) is 0 Å². The second-order valence-corrected chi connectivity index (χ2v) is 6.20. The quantitative estimate of drug-likeness (QED) is 0.793. The van der Waals surface area contributed by atoms with Crippen molar-refractivity contribution in [3.63, 3.8) is 0 Å². The number of carbonyl (C=O) groups excluding carboxylic acids is 2. The summed E-state index contributed by atoms with van der Waals surface area (Å²) in [6, 6.07) is 7.58. The molecule has 1 aromatic carbocycles. The maximum Gasteiger partial charge on any atom is 0.294 e. The number of imide groups is 1. The van der Waals surface area contributed by atoms with Crippen molar-refractivity contribution in [3.8, 4) is 0 Å². The zero-order valence-corrected chi connectivity index (χ0v) is 13.0. The first-order valence-corrected chi connectivity index (χ1v) is 7.24. The first kappa shape index (κ1) is 14.3. The number of amides is 2. The first-order chi connectivity index (χ1) is 8.99. The zero-order valence-electron chi connectivity index (χ0n) is 10.6. The molecule has 1 aromatic rings. The van der Waals surface area contributed by atoms with Crippen LogP contribution < -0.4 is 0 Å². The number of halogens is 1. The van der Waals surface area contributed by atoms with Crippen molar-refractivity contribution in [2.24, 2.45) is 0 Å². The third-order valence-electron chi connectivity index (χ3n) is 2.49. The number of rotatable bonds is 3. The van der Waals surface area contributed by atoms with Gasteiger partial charge in [-0.05, 0) is 43.6 Å². The standard InChI is InChI=1S/C13H13BrN2O2S/c1-15(2)8-16-12(17)11(19-13(16)18)7-9-5-3-4-6-10(9)14/h3-7H,8H2,1-2H3. The fourth-order valence-corrected chi connectivity index (χ4v) is 2.86. The van der Waals surface area contributed by atoms with E-state index in [2.05, 4.69) is 15.9 Å². The van der Waals surface area contributed by atoms with Crippen molar-refractivity contribution in [1.82, 2.24) is 9.80 Å². The third-order valence-corrected chi connectivity index (χ3v) is 4.12. The molecular formula is C13H13BrN2O2S. The van der Waals surface area contributed by atoms with Crippen molar-refractivity contribution in [1.29, 1.82) is 0 Å². The lowest BCUT2D eigenvalue weighted by Crippen LogP contribution is -2.36. The maximum absolute atomic E-state index is 12.1. The van der Waals surface area contributed by atoms with E-state index in [-0.39, 0.29) is 11.1 Å². The predicted molar refractivity (Wildman–Crippen MR) is 80.5 cm³/mol. The van der Waals surface area contributed by atoms with Crippen LogP contribution in [0.25, 0.3) is 6.08 Å². The van der Waals surface area contributed by atoms with Crippen LogP contribution in [0.2, 0.25) is 0 Å². The van der Waals surface area contributed by atoms with Gasteiger partial charge in [-0.2, -0.15) is 0 Å². The van der Waals surface area contributed by atoms with E-state index in [1.165, 1.54) is 4.90 Å². The molecule has 0 bridgehead atoms. The molecule has 0 aliphatic carbocycles. The van der Waals surface area contributed by atoms with Crippen LogP contribution in [0.4, 0.5) is 4.79 Å². The van der Waals surface area contributed by atoms with Gasteiger partial charge in [0.1, 0.15) is 0 Å². The van der Waals surface area contributed by atoms with Crippen LogP contribution in [0, 0.1) is 0 Å². The van der Waals surface area contributed by atoms with Crippen molar-refractivity contribution < 1.29 is 9.59 Å². The minimum atomic E-state index is -0.237. The molecule has 4 nitrogen and oxygen atoms in total. The molecule has 1 aliphatic rings. The highest BCUT2D eigenvalue weighted by molar-refractivity contribution is 9.10. The Balaban J connectivity index is 2.26. The summed E-state index contributed by atoms with van der Waals surface area (Å²) >= 11 is 4.40. The van der Waals surface area contributed by atoms with Gasteiger partial charge >= 0.3 is 0 Å². The number of hydrogen-bond donors (Lipinski definition) is 0. The molecule has 100 valence electrons. The lowest BCUT2D eigenvalue weighted by Gasteiger charge is -2.17. The number of hydrogen-bond acceptors (Lipinski definition) is 4. The molecule has 0 saturated carbocycles.